The second kappa shape index (κ2) is 9.32. The van der Waals surface area contributed by atoms with Crippen LogP contribution in [0.3, 0.4) is 0 Å². The van der Waals surface area contributed by atoms with E-state index in [1.165, 1.54) is 36.4 Å². The third kappa shape index (κ3) is 5.19. The van der Waals surface area contributed by atoms with Crippen LogP contribution in [-0.2, 0) is 0 Å². The molecule has 0 aliphatic carbocycles. The molecular weight excluding hydrogens is 374 g/mol. The van der Waals surface area contributed by atoms with E-state index in [1.807, 2.05) is 13.0 Å². The van der Waals surface area contributed by atoms with Gasteiger partial charge in [0.15, 0.2) is 0 Å². The number of urea groups is 1. The number of amides is 2. The van der Waals surface area contributed by atoms with Gasteiger partial charge in [-0.3, -0.25) is 4.99 Å². The smallest absolute Gasteiger partial charge is 0.319 e. The molecule has 5 nitrogen and oxygen atoms in total. The summed E-state index contributed by atoms with van der Waals surface area (Å²) < 4.78 is 26.7. The lowest BCUT2D eigenvalue weighted by Gasteiger charge is -2.35. The van der Waals surface area contributed by atoms with Crippen molar-refractivity contribution in [2.45, 2.75) is 25.8 Å². The summed E-state index contributed by atoms with van der Waals surface area (Å²) in [7, 11) is 0. The molecule has 0 bridgehead atoms. The zero-order chi connectivity index (χ0) is 20.8. The molecule has 0 unspecified atom stereocenters. The fourth-order valence-corrected chi connectivity index (χ4v) is 3.51. The van der Waals surface area contributed by atoms with Gasteiger partial charge in [-0.25, -0.2) is 13.6 Å². The first-order valence-electron chi connectivity index (χ1n) is 9.51. The highest BCUT2D eigenvalue weighted by atomic mass is 19.1. The van der Waals surface area contributed by atoms with Crippen molar-refractivity contribution in [2.24, 2.45) is 4.99 Å². The first kappa shape index (κ1) is 20.5. The lowest BCUT2D eigenvalue weighted by molar-refractivity contribution is 0.234. The Balaban J connectivity index is 1.58. The van der Waals surface area contributed by atoms with E-state index >= 15 is 0 Å². The number of aliphatic imine (C=N–C) groups is 1. The average molecular weight is 398 g/mol. The van der Waals surface area contributed by atoms with Crippen molar-refractivity contribution in [3.63, 3.8) is 0 Å². The highest BCUT2D eigenvalue weighted by Gasteiger charge is 2.23. The van der Waals surface area contributed by atoms with E-state index in [0.29, 0.717) is 30.0 Å². The van der Waals surface area contributed by atoms with Crippen molar-refractivity contribution in [1.29, 1.82) is 0 Å². The molecule has 3 rings (SSSR count). The number of likely N-dealkylation sites (tertiary alicyclic amines) is 1. The molecule has 152 valence electrons. The van der Waals surface area contributed by atoms with Crippen molar-refractivity contribution < 1.29 is 13.6 Å². The van der Waals surface area contributed by atoms with Gasteiger partial charge in [0.2, 0.25) is 0 Å². The van der Waals surface area contributed by atoms with Crippen LogP contribution in [0.4, 0.5) is 25.0 Å². The van der Waals surface area contributed by atoms with Gasteiger partial charge in [0.1, 0.15) is 11.6 Å². The number of nitrogens with zero attached hydrogens (tertiary/aromatic N) is 2. The molecule has 0 radical (unpaired) electrons. The quantitative estimate of drug-likeness (QED) is 0.701. The zero-order valence-electron chi connectivity index (χ0n) is 16.3. The first-order valence-corrected chi connectivity index (χ1v) is 9.51. The van der Waals surface area contributed by atoms with E-state index in [2.05, 4.69) is 27.2 Å². The van der Waals surface area contributed by atoms with Crippen LogP contribution in [0, 0.1) is 11.6 Å². The van der Waals surface area contributed by atoms with E-state index < -0.39 is 0 Å². The van der Waals surface area contributed by atoms with Crippen LogP contribution < -0.4 is 10.6 Å². The summed E-state index contributed by atoms with van der Waals surface area (Å²) in [5, 5.41) is 5.66. The number of carbonyl (C=O) groups is 1. The average Bonchev–Trinajstić information content (AvgIpc) is 2.72. The summed E-state index contributed by atoms with van der Waals surface area (Å²) in [6.45, 7) is 6.92. The number of hydrogen-bond donors (Lipinski definition) is 2. The van der Waals surface area contributed by atoms with Crippen molar-refractivity contribution in [3.8, 4) is 0 Å². The molecule has 0 saturated carbocycles. The monoisotopic (exact) mass is 398 g/mol. The maximum absolute atomic E-state index is 13.8. The molecule has 2 amide bonds. The topological polar surface area (TPSA) is 56.7 Å². The SMILES string of the molecule is C=Nc1ccc(F)cc1/C(=C\C)N1CCC(NC(=O)Nc2ccc(F)cc2)CC1. The highest BCUT2D eigenvalue weighted by Crippen LogP contribution is 2.31. The summed E-state index contributed by atoms with van der Waals surface area (Å²) in [5.74, 6) is -0.669. The predicted octanol–water partition coefficient (Wildman–Crippen LogP) is 4.94. The number of piperidine rings is 1. The third-order valence-electron chi connectivity index (χ3n) is 4.95. The Morgan fingerprint density at radius 2 is 1.79 bits per heavy atom. The van der Waals surface area contributed by atoms with Gasteiger partial charge < -0.3 is 15.5 Å². The molecule has 2 N–H and O–H groups in total. The first-order chi connectivity index (χ1) is 14.0. The minimum atomic E-state index is -0.351. The third-order valence-corrected chi connectivity index (χ3v) is 4.95. The second-order valence-corrected chi connectivity index (χ2v) is 6.86. The van der Waals surface area contributed by atoms with Gasteiger partial charge in [0.05, 0.1) is 5.69 Å². The van der Waals surface area contributed by atoms with Gasteiger partial charge in [-0.05, 0) is 68.9 Å². The summed E-state index contributed by atoms with van der Waals surface area (Å²) in [5.41, 5.74) is 2.79. The Morgan fingerprint density at radius 3 is 2.41 bits per heavy atom. The molecule has 2 aromatic carbocycles. The Labute approximate surface area is 169 Å². The minimum Gasteiger partial charge on any atom is -0.371 e. The van der Waals surface area contributed by atoms with Crippen LogP contribution in [0.25, 0.3) is 5.70 Å². The fraction of sp³-hybridized carbons (Fsp3) is 0.273. The number of carbonyl (C=O) groups excluding carboxylic acids is 1. The van der Waals surface area contributed by atoms with Gasteiger partial charge in [0, 0.05) is 36.1 Å². The molecule has 7 heteroatoms. The van der Waals surface area contributed by atoms with Crippen molar-refractivity contribution >= 4 is 29.8 Å². The van der Waals surface area contributed by atoms with Crippen molar-refractivity contribution in [3.05, 3.63) is 65.7 Å². The molecule has 0 spiro atoms. The summed E-state index contributed by atoms with van der Waals surface area (Å²) >= 11 is 0. The molecule has 29 heavy (non-hydrogen) atoms. The number of halogens is 2. The zero-order valence-corrected chi connectivity index (χ0v) is 16.3. The van der Waals surface area contributed by atoms with Gasteiger partial charge in [0.25, 0.3) is 0 Å². The standard InChI is InChI=1S/C22H24F2N4O/c1-3-21(19-14-16(24)6-9-20(19)25-2)28-12-10-18(11-13-28)27-22(29)26-17-7-4-15(23)5-8-17/h3-9,14,18H,2,10-13H2,1H3,(H2,26,27,29)/b21-3+. The largest absolute Gasteiger partial charge is 0.371 e. The summed E-state index contributed by atoms with van der Waals surface area (Å²) in [6, 6.07) is 9.79. The normalized spacial score (nSPS) is 15.1. The number of anilines is 1. The molecule has 0 atom stereocenters. The Bertz CT molecular complexity index is 904. The lowest BCUT2D eigenvalue weighted by Crippen LogP contribution is -2.45. The van der Waals surface area contributed by atoms with Crippen LogP contribution in [0.15, 0.2) is 53.5 Å². The fourth-order valence-electron chi connectivity index (χ4n) is 3.51. The van der Waals surface area contributed by atoms with E-state index in [4.69, 9.17) is 0 Å². The van der Waals surface area contributed by atoms with Crippen molar-refractivity contribution in [1.82, 2.24) is 10.2 Å². The molecule has 1 fully saturated rings. The molecule has 1 aliphatic rings. The highest BCUT2D eigenvalue weighted by molar-refractivity contribution is 5.89. The molecule has 2 aromatic rings. The van der Waals surface area contributed by atoms with Gasteiger partial charge in [-0.15, -0.1) is 0 Å². The van der Waals surface area contributed by atoms with Crippen LogP contribution in [0.2, 0.25) is 0 Å². The number of nitrogens with one attached hydrogen (secondary N) is 2. The van der Waals surface area contributed by atoms with Crippen LogP contribution in [0.1, 0.15) is 25.3 Å². The minimum absolute atomic E-state index is 0.0225. The van der Waals surface area contributed by atoms with Gasteiger partial charge in [-0.2, -0.15) is 0 Å². The maximum atomic E-state index is 13.8. The number of benzene rings is 2. The number of rotatable bonds is 5. The predicted molar refractivity (Wildman–Crippen MR) is 112 cm³/mol. The van der Waals surface area contributed by atoms with Gasteiger partial charge in [-0.1, -0.05) is 6.08 Å². The maximum Gasteiger partial charge on any atom is 0.319 e. The second-order valence-electron chi connectivity index (χ2n) is 6.86. The van der Waals surface area contributed by atoms with E-state index in [-0.39, 0.29) is 23.7 Å². The molecule has 0 aromatic heterocycles. The number of allylic oxidation sites excluding steroid dienone is 1. The Hall–Kier alpha value is -3.22. The lowest BCUT2D eigenvalue weighted by atomic mass is 10.0. The molecular formula is C22H24F2N4O. The summed E-state index contributed by atoms with van der Waals surface area (Å²) in [6.07, 6.45) is 3.44. The molecule has 1 heterocycles. The van der Waals surface area contributed by atoms with E-state index in [0.717, 1.165) is 18.5 Å². The van der Waals surface area contributed by atoms with E-state index in [1.54, 1.807) is 6.07 Å². The Morgan fingerprint density at radius 1 is 1.14 bits per heavy atom. The van der Waals surface area contributed by atoms with Crippen LogP contribution in [-0.4, -0.2) is 36.8 Å². The van der Waals surface area contributed by atoms with Crippen molar-refractivity contribution in [2.75, 3.05) is 18.4 Å². The van der Waals surface area contributed by atoms with Gasteiger partial charge >= 0.3 is 6.03 Å². The summed E-state index contributed by atoms with van der Waals surface area (Å²) in [4.78, 5) is 18.3. The van der Waals surface area contributed by atoms with E-state index in [9.17, 15) is 13.6 Å². The molecule has 1 aliphatic heterocycles. The molecule has 1 saturated heterocycles. The van der Waals surface area contributed by atoms with Crippen LogP contribution >= 0.6 is 0 Å². The number of hydrogen-bond acceptors (Lipinski definition) is 3. The van der Waals surface area contributed by atoms with Crippen LogP contribution in [0.5, 0.6) is 0 Å². The Kier molecular flexibility index (Phi) is 6.59.